The summed E-state index contributed by atoms with van der Waals surface area (Å²) in [6.45, 7) is 3.23. The van der Waals surface area contributed by atoms with Crippen molar-refractivity contribution in [2.75, 3.05) is 0 Å². The molecular weight excluding hydrogens is 326 g/mol. The highest BCUT2D eigenvalue weighted by atomic mass is 79.9. The molecule has 0 saturated heterocycles. The highest BCUT2D eigenvalue weighted by Crippen LogP contribution is 2.36. The van der Waals surface area contributed by atoms with Crippen LogP contribution in [0.4, 0.5) is 8.78 Å². The number of benzene rings is 2. The molecule has 0 bridgehead atoms. The third-order valence-electron chi connectivity index (χ3n) is 3.53. The number of rotatable bonds is 3. The Morgan fingerprint density at radius 2 is 1.85 bits per heavy atom. The summed E-state index contributed by atoms with van der Waals surface area (Å²) in [5.41, 5.74) is -0.848. The minimum atomic E-state index is -1.55. The van der Waals surface area contributed by atoms with Crippen LogP contribution >= 0.6 is 15.9 Å². The second kappa shape index (κ2) is 5.62. The molecule has 0 heterocycles. The van der Waals surface area contributed by atoms with E-state index in [1.54, 1.807) is 25.1 Å². The zero-order valence-electron chi connectivity index (χ0n) is 11.3. The summed E-state index contributed by atoms with van der Waals surface area (Å²) in [6.07, 6.45) is 0.239. The lowest BCUT2D eigenvalue weighted by Gasteiger charge is -2.29. The normalized spacial score (nSPS) is 14.1. The van der Waals surface area contributed by atoms with E-state index < -0.39 is 17.2 Å². The molecule has 1 atom stereocenters. The van der Waals surface area contributed by atoms with Gasteiger partial charge in [-0.15, -0.1) is 0 Å². The van der Waals surface area contributed by atoms with Crippen molar-refractivity contribution in [3.63, 3.8) is 0 Å². The minimum Gasteiger partial charge on any atom is -0.380 e. The number of aliphatic hydroxyl groups is 1. The number of hydrogen-bond acceptors (Lipinski definition) is 1. The SMILES string of the molecule is CCC(O)(c1cccc(Br)c1)c1ccc(C)c(F)c1F. The van der Waals surface area contributed by atoms with Crippen LogP contribution in [0.2, 0.25) is 0 Å². The predicted octanol–water partition coefficient (Wildman–Crippen LogP) is 4.68. The Kier molecular flexibility index (Phi) is 4.25. The average Bonchev–Trinajstić information content (AvgIpc) is 2.44. The predicted molar refractivity (Wildman–Crippen MR) is 78.5 cm³/mol. The monoisotopic (exact) mass is 340 g/mol. The maximum Gasteiger partial charge on any atom is 0.165 e. The van der Waals surface area contributed by atoms with Gasteiger partial charge in [0.2, 0.25) is 0 Å². The summed E-state index contributed by atoms with van der Waals surface area (Å²) in [5, 5.41) is 10.9. The van der Waals surface area contributed by atoms with Crippen molar-refractivity contribution >= 4 is 15.9 Å². The summed E-state index contributed by atoms with van der Waals surface area (Å²) in [5.74, 6) is -1.90. The summed E-state index contributed by atoms with van der Waals surface area (Å²) >= 11 is 3.32. The molecule has 0 saturated carbocycles. The van der Waals surface area contributed by atoms with E-state index in [4.69, 9.17) is 0 Å². The quantitative estimate of drug-likeness (QED) is 0.859. The molecule has 0 aliphatic rings. The molecule has 2 aromatic rings. The van der Waals surface area contributed by atoms with Crippen LogP contribution in [0, 0.1) is 18.6 Å². The fourth-order valence-electron chi connectivity index (χ4n) is 2.26. The van der Waals surface area contributed by atoms with Crippen molar-refractivity contribution in [1.82, 2.24) is 0 Å². The van der Waals surface area contributed by atoms with Gasteiger partial charge >= 0.3 is 0 Å². The van der Waals surface area contributed by atoms with Crippen molar-refractivity contribution in [2.45, 2.75) is 25.9 Å². The van der Waals surface area contributed by atoms with Crippen molar-refractivity contribution < 1.29 is 13.9 Å². The zero-order valence-corrected chi connectivity index (χ0v) is 12.8. The standard InChI is InChI=1S/C16H15BrF2O/c1-3-16(20,11-5-4-6-12(17)9-11)13-8-7-10(2)14(18)15(13)19/h4-9,20H,3H2,1-2H3. The molecule has 0 fully saturated rings. The first kappa shape index (κ1) is 15.1. The van der Waals surface area contributed by atoms with E-state index in [1.807, 2.05) is 6.07 Å². The van der Waals surface area contributed by atoms with Crippen LogP contribution in [0.25, 0.3) is 0 Å². The Labute approximate surface area is 125 Å². The summed E-state index contributed by atoms with van der Waals surface area (Å²) in [4.78, 5) is 0. The molecule has 0 amide bonds. The molecule has 0 radical (unpaired) electrons. The van der Waals surface area contributed by atoms with Gasteiger partial charge in [-0.1, -0.05) is 47.1 Å². The average molecular weight is 341 g/mol. The van der Waals surface area contributed by atoms with Crippen LogP contribution in [0.5, 0.6) is 0 Å². The first-order valence-corrected chi connectivity index (χ1v) is 7.13. The van der Waals surface area contributed by atoms with Gasteiger partial charge in [-0.05, 0) is 36.6 Å². The molecule has 2 aromatic carbocycles. The van der Waals surface area contributed by atoms with Crippen LogP contribution in [0.1, 0.15) is 30.0 Å². The highest BCUT2D eigenvalue weighted by Gasteiger charge is 2.33. The Hall–Kier alpha value is -1.26. The van der Waals surface area contributed by atoms with E-state index in [9.17, 15) is 13.9 Å². The first-order valence-electron chi connectivity index (χ1n) is 6.33. The number of aryl methyl sites for hydroxylation is 1. The fourth-order valence-corrected chi connectivity index (χ4v) is 2.66. The molecule has 0 aromatic heterocycles. The second-order valence-electron chi connectivity index (χ2n) is 4.78. The lowest BCUT2D eigenvalue weighted by atomic mass is 9.83. The van der Waals surface area contributed by atoms with Crippen molar-refractivity contribution in [2.24, 2.45) is 0 Å². The number of halogens is 3. The third-order valence-corrected chi connectivity index (χ3v) is 4.03. The third kappa shape index (κ3) is 2.50. The minimum absolute atomic E-state index is 0.0406. The maximum absolute atomic E-state index is 14.2. The van der Waals surface area contributed by atoms with Gasteiger partial charge in [0.15, 0.2) is 11.6 Å². The van der Waals surface area contributed by atoms with Gasteiger partial charge < -0.3 is 5.11 Å². The molecule has 0 aliphatic carbocycles. The van der Waals surface area contributed by atoms with Crippen LogP contribution in [-0.2, 0) is 5.60 Å². The van der Waals surface area contributed by atoms with Gasteiger partial charge in [-0.3, -0.25) is 0 Å². The smallest absolute Gasteiger partial charge is 0.165 e. The van der Waals surface area contributed by atoms with E-state index in [0.29, 0.717) is 5.56 Å². The van der Waals surface area contributed by atoms with Gasteiger partial charge in [-0.25, -0.2) is 8.78 Å². The highest BCUT2D eigenvalue weighted by molar-refractivity contribution is 9.10. The lowest BCUT2D eigenvalue weighted by molar-refractivity contribution is 0.0716. The van der Waals surface area contributed by atoms with Crippen molar-refractivity contribution in [3.05, 3.63) is 69.2 Å². The Morgan fingerprint density at radius 3 is 2.45 bits per heavy atom. The second-order valence-corrected chi connectivity index (χ2v) is 5.70. The van der Waals surface area contributed by atoms with Gasteiger partial charge in [0.25, 0.3) is 0 Å². The molecule has 0 spiro atoms. The topological polar surface area (TPSA) is 20.2 Å². The Balaban J connectivity index is 2.65. The molecular formula is C16H15BrF2O. The van der Waals surface area contributed by atoms with Gasteiger partial charge in [0.05, 0.1) is 0 Å². The first-order chi connectivity index (χ1) is 9.40. The van der Waals surface area contributed by atoms with E-state index in [2.05, 4.69) is 15.9 Å². The Morgan fingerprint density at radius 1 is 1.15 bits per heavy atom. The largest absolute Gasteiger partial charge is 0.380 e. The molecule has 2 rings (SSSR count). The molecule has 0 aliphatic heterocycles. The van der Waals surface area contributed by atoms with Gasteiger partial charge in [0.1, 0.15) is 5.60 Å². The van der Waals surface area contributed by atoms with Gasteiger partial charge in [0, 0.05) is 10.0 Å². The lowest BCUT2D eigenvalue weighted by Crippen LogP contribution is -2.28. The summed E-state index contributed by atoms with van der Waals surface area (Å²) < 4.78 is 28.7. The van der Waals surface area contributed by atoms with Crippen LogP contribution < -0.4 is 0 Å². The molecule has 1 N–H and O–H groups in total. The molecule has 20 heavy (non-hydrogen) atoms. The van der Waals surface area contributed by atoms with E-state index in [1.165, 1.54) is 19.1 Å². The molecule has 1 nitrogen and oxygen atoms in total. The van der Waals surface area contributed by atoms with Crippen LogP contribution in [0.3, 0.4) is 0 Å². The van der Waals surface area contributed by atoms with Gasteiger partial charge in [-0.2, -0.15) is 0 Å². The van der Waals surface area contributed by atoms with Crippen LogP contribution in [0.15, 0.2) is 40.9 Å². The van der Waals surface area contributed by atoms with E-state index in [-0.39, 0.29) is 17.5 Å². The zero-order chi connectivity index (χ0) is 14.9. The fraction of sp³-hybridized carbons (Fsp3) is 0.250. The number of hydrogen-bond donors (Lipinski definition) is 1. The molecule has 1 unspecified atom stereocenters. The summed E-state index contributed by atoms with van der Waals surface area (Å²) in [6, 6.07) is 9.89. The molecule has 4 heteroatoms. The maximum atomic E-state index is 14.2. The van der Waals surface area contributed by atoms with E-state index >= 15 is 0 Å². The Bertz CT molecular complexity index is 642. The van der Waals surface area contributed by atoms with Crippen LogP contribution in [-0.4, -0.2) is 5.11 Å². The summed E-state index contributed by atoms with van der Waals surface area (Å²) in [7, 11) is 0. The van der Waals surface area contributed by atoms with E-state index in [0.717, 1.165) is 4.47 Å². The van der Waals surface area contributed by atoms with Crippen molar-refractivity contribution in [3.8, 4) is 0 Å². The molecule has 106 valence electrons. The van der Waals surface area contributed by atoms with Crippen molar-refractivity contribution in [1.29, 1.82) is 0 Å².